The van der Waals surface area contributed by atoms with Gasteiger partial charge < -0.3 is 10.1 Å². The minimum absolute atomic E-state index is 0.186. The van der Waals surface area contributed by atoms with Gasteiger partial charge >= 0.3 is 0 Å². The van der Waals surface area contributed by atoms with Crippen molar-refractivity contribution in [1.82, 2.24) is 14.8 Å². The molecule has 154 valence electrons. The van der Waals surface area contributed by atoms with E-state index in [9.17, 15) is 0 Å². The fraction of sp³-hybridized carbons (Fsp3) is 0.120. The van der Waals surface area contributed by atoms with E-state index in [2.05, 4.69) is 30.4 Å². The van der Waals surface area contributed by atoms with Crippen molar-refractivity contribution < 1.29 is 4.74 Å². The molecule has 0 spiro atoms. The number of aryl methyl sites for hydroxylation is 1. The van der Waals surface area contributed by atoms with Crippen molar-refractivity contribution in [3.8, 4) is 17.1 Å². The second kappa shape index (κ2) is 7.93. The molecule has 1 aromatic heterocycles. The van der Waals surface area contributed by atoms with E-state index in [1.165, 1.54) is 5.56 Å². The Hall–Kier alpha value is -3.57. The summed E-state index contributed by atoms with van der Waals surface area (Å²) in [5.41, 5.74) is 5.12. The molecular formula is C25H21ClN4O. The maximum absolute atomic E-state index is 6.57. The largest absolute Gasteiger partial charge is 0.497 e. The van der Waals surface area contributed by atoms with Crippen LogP contribution in [0.4, 0.5) is 5.95 Å². The number of halogens is 1. The van der Waals surface area contributed by atoms with E-state index >= 15 is 0 Å². The summed E-state index contributed by atoms with van der Waals surface area (Å²) in [5.74, 6) is 2.16. The Bertz CT molecular complexity index is 1260. The van der Waals surface area contributed by atoms with Crippen molar-refractivity contribution >= 4 is 23.2 Å². The molecule has 5 nitrogen and oxygen atoms in total. The molecule has 2 heterocycles. The topological polar surface area (TPSA) is 52.0 Å². The molecule has 0 aliphatic carbocycles. The van der Waals surface area contributed by atoms with Crippen LogP contribution >= 0.6 is 11.6 Å². The zero-order valence-corrected chi connectivity index (χ0v) is 18.0. The van der Waals surface area contributed by atoms with Crippen LogP contribution < -0.4 is 10.1 Å². The highest BCUT2D eigenvalue weighted by Gasteiger charge is 2.27. The van der Waals surface area contributed by atoms with E-state index in [-0.39, 0.29) is 6.04 Å². The number of rotatable bonds is 4. The number of nitrogens with one attached hydrogen (secondary N) is 1. The fourth-order valence-corrected chi connectivity index (χ4v) is 3.94. The van der Waals surface area contributed by atoms with Gasteiger partial charge in [-0.05, 0) is 54.5 Å². The Morgan fingerprint density at radius 1 is 0.935 bits per heavy atom. The SMILES string of the molecule is COc1ccc(C2=CC(c3ccccc3Cl)n3nc(-c4ccc(C)cc4)nc3N2)cc1. The van der Waals surface area contributed by atoms with Gasteiger partial charge in [0.15, 0.2) is 5.82 Å². The van der Waals surface area contributed by atoms with Gasteiger partial charge in [0.1, 0.15) is 11.8 Å². The molecule has 31 heavy (non-hydrogen) atoms. The molecule has 1 aliphatic heterocycles. The number of hydrogen-bond acceptors (Lipinski definition) is 4. The van der Waals surface area contributed by atoms with Crippen LogP contribution in [0.25, 0.3) is 17.1 Å². The normalized spacial score (nSPS) is 15.1. The van der Waals surface area contributed by atoms with Gasteiger partial charge in [0, 0.05) is 16.3 Å². The van der Waals surface area contributed by atoms with Crippen molar-refractivity contribution in [2.45, 2.75) is 13.0 Å². The van der Waals surface area contributed by atoms with Crippen LogP contribution in [-0.2, 0) is 0 Å². The van der Waals surface area contributed by atoms with Crippen LogP contribution in [0.1, 0.15) is 22.7 Å². The van der Waals surface area contributed by atoms with E-state index in [1.807, 2.05) is 65.3 Å². The number of fused-ring (bicyclic) bond motifs is 1. The fourth-order valence-electron chi connectivity index (χ4n) is 3.69. The molecule has 6 heteroatoms. The lowest BCUT2D eigenvalue weighted by molar-refractivity contribution is 0.415. The second-order valence-electron chi connectivity index (χ2n) is 7.47. The minimum Gasteiger partial charge on any atom is -0.497 e. The molecule has 1 unspecified atom stereocenters. The number of anilines is 1. The zero-order valence-electron chi connectivity index (χ0n) is 17.2. The molecule has 0 radical (unpaired) electrons. The first kappa shape index (κ1) is 19.4. The van der Waals surface area contributed by atoms with Gasteiger partial charge in [-0.1, -0.05) is 59.6 Å². The minimum atomic E-state index is -0.186. The summed E-state index contributed by atoms with van der Waals surface area (Å²) in [6, 6.07) is 23.8. The molecule has 1 atom stereocenters. The van der Waals surface area contributed by atoms with Gasteiger partial charge in [-0.3, -0.25) is 0 Å². The van der Waals surface area contributed by atoms with Gasteiger partial charge in [0.25, 0.3) is 0 Å². The van der Waals surface area contributed by atoms with Crippen LogP contribution in [0.3, 0.4) is 0 Å². The van der Waals surface area contributed by atoms with E-state index < -0.39 is 0 Å². The second-order valence-corrected chi connectivity index (χ2v) is 7.88. The number of aromatic nitrogens is 3. The third-order valence-corrected chi connectivity index (χ3v) is 5.74. The average molecular weight is 429 g/mol. The summed E-state index contributed by atoms with van der Waals surface area (Å²) in [6.45, 7) is 2.06. The summed E-state index contributed by atoms with van der Waals surface area (Å²) in [7, 11) is 1.66. The van der Waals surface area contributed by atoms with Gasteiger partial charge in [-0.2, -0.15) is 4.98 Å². The van der Waals surface area contributed by atoms with Crippen molar-refractivity contribution in [3.63, 3.8) is 0 Å². The van der Waals surface area contributed by atoms with Gasteiger partial charge in [-0.25, -0.2) is 4.68 Å². The molecule has 0 amide bonds. The monoisotopic (exact) mass is 428 g/mol. The molecule has 1 aliphatic rings. The van der Waals surface area contributed by atoms with Gasteiger partial charge in [-0.15, -0.1) is 5.10 Å². The molecule has 0 fully saturated rings. The Balaban J connectivity index is 1.62. The van der Waals surface area contributed by atoms with E-state index in [0.29, 0.717) is 16.8 Å². The summed E-state index contributed by atoms with van der Waals surface area (Å²) < 4.78 is 7.19. The lowest BCUT2D eigenvalue weighted by Gasteiger charge is -2.25. The molecule has 1 N–H and O–H groups in total. The highest BCUT2D eigenvalue weighted by atomic mass is 35.5. The van der Waals surface area contributed by atoms with Crippen LogP contribution in [0.5, 0.6) is 5.75 Å². The van der Waals surface area contributed by atoms with Crippen LogP contribution in [0.2, 0.25) is 5.02 Å². The quantitative estimate of drug-likeness (QED) is 0.435. The third-order valence-electron chi connectivity index (χ3n) is 5.40. The predicted molar refractivity (Wildman–Crippen MR) is 124 cm³/mol. The number of methoxy groups -OCH3 is 1. The first-order chi connectivity index (χ1) is 15.1. The van der Waals surface area contributed by atoms with Crippen LogP contribution in [-0.4, -0.2) is 21.9 Å². The highest BCUT2D eigenvalue weighted by Crippen LogP contribution is 2.36. The van der Waals surface area contributed by atoms with Crippen molar-refractivity contribution in [1.29, 1.82) is 0 Å². The first-order valence-corrected chi connectivity index (χ1v) is 10.4. The number of benzene rings is 3. The zero-order chi connectivity index (χ0) is 21.4. The predicted octanol–water partition coefficient (Wildman–Crippen LogP) is 5.97. The van der Waals surface area contributed by atoms with Crippen molar-refractivity contribution in [2.75, 3.05) is 12.4 Å². The standard InChI is InChI=1S/C25H21ClN4O/c1-16-7-9-18(10-8-16)24-28-25-27-22(17-11-13-19(31-2)14-12-17)15-23(30(25)29-24)20-5-3-4-6-21(20)26/h3-15,23H,1-2H3,(H,27,28,29). The molecule has 3 aromatic carbocycles. The average Bonchev–Trinajstić information content (AvgIpc) is 3.24. The van der Waals surface area contributed by atoms with Crippen molar-refractivity contribution in [3.05, 3.63) is 101 Å². The van der Waals surface area contributed by atoms with E-state index in [1.54, 1.807) is 7.11 Å². The van der Waals surface area contributed by atoms with E-state index in [0.717, 1.165) is 28.1 Å². The summed E-state index contributed by atoms with van der Waals surface area (Å²) >= 11 is 6.57. The Labute approximate surface area is 186 Å². The maximum Gasteiger partial charge on any atom is 0.227 e. The van der Waals surface area contributed by atoms with Crippen molar-refractivity contribution in [2.24, 2.45) is 0 Å². The summed E-state index contributed by atoms with van der Waals surface area (Å²) in [4.78, 5) is 4.80. The number of hydrogen-bond donors (Lipinski definition) is 1. The molecule has 5 rings (SSSR count). The van der Waals surface area contributed by atoms with Gasteiger partial charge in [0.2, 0.25) is 5.95 Å². The summed E-state index contributed by atoms with van der Waals surface area (Å²) in [6.07, 6.45) is 2.13. The molecule has 0 saturated heterocycles. The number of ether oxygens (including phenoxy) is 1. The molecule has 4 aromatic rings. The summed E-state index contributed by atoms with van der Waals surface area (Å²) in [5, 5.41) is 8.96. The Morgan fingerprint density at radius 3 is 2.35 bits per heavy atom. The Kier molecular flexibility index (Phi) is 4.96. The van der Waals surface area contributed by atoms with E-state index in [4.69, 9.17) is 26.4 Å². The lowest BCUT2D eigenvalue weighted by Crippen LogP contribution is -2.20. The molecular weight excluding hydrogens is 408 g/mol. The van der Waals surface area contributed by atoms with Crippen LogP contribution in [0, 0.1) is 6.92 Å². The maximum atomic E-state index is 6.57. The lowest BCUT2D eigenvalue weighted by atomic mass is 10.0. The van der Waals surface area contributed by atoms with Crippen LogP contribution in [0.15, 0.2) is 78.9 Å². The molecule has 0 bridgehead atoms. The van der Waals surface area contributed by atoms with Gasteiger partial charge in [0.05, 0.1) is 7.11 Å². The first-order valence-electron chi connectivity index (χ1n) is 10.0. The molecule has 0 saturated carbocycles. The number of allylic oxidation sites excluding steroid dienone is 1. The number of nitrogens with zero attached hydrogens (tertiary/aromatic N) is 3. The Morgan fingerprint density at radius 2 is 1.65 bits per heavy atom. The third kappa shape index (κ3) is 3.68. The highest BCUT2D eigenvalue weighted by molar-refractivity contribution is 6.31. The smallest absolute Gasteiger partial charge is 0.227 e.